The maximum absolute atomic E-state index is 5.93. The average Bonchev–Trinajstić information content (AvgIpc) is 3.06. The highest BCUT2D eigenvalue weighted by Crippen LogP contribution is 2.37. The summed E-state index contributed by atoms with van der Waals surface area (Å²) in [5.41, 5.74) is 6.93. The minimum Gasteiger partial charge on any atom is -0.366 e. The van der Waals surface area contributed by atoms with Crippen molar-refractivity contribution in [1.82, 2.24) is 19.6 Å². The quantitative estimate of drug-likeness (QED) is 0.843. The Kier molecular flexibility index (Phi) is 2.87. The van der Waals surface area contributed by atoms with E-state index >= 15 is 0 Å². The summed E-state index contributed by atoms with van der Waals surface area (Å²) in [6.45, 7) is 1.60. The Morgan fingerprint density at radius 1 is 1.39 bits per heavy atom. The summed E-state index contributed by atoms with van der Waals surface area (Å²) >= 11 is 0. The number of anilines is 1. The molecule has 0 aromatic carbocycles. The van der Waals surface area contributed by atoms with Crippen molar-refractivity contribution < 1.29 is 0 Å². The van der Waals surface area contributed by atoms with Gasteiger partial charge in [0.2, 0.25) is 5.65 Å². The second-order valence-corrected chi connectivity index (χ2v) is 5.10. The van der Waals surface area contributed by atoms with Crippen molar-refractivity contribution in [3.05, 3.63) is 18.7 Å². The molecular formula is C12H18N6. The normalized spacial score (nSPS) is 18.3. The Morgan fingerprint density at radius 2 is 2.22 bits per heavy atom. The van der Waals surface area contributed by atoms with Crippen LogP contribution in [0.15, 0.2) is 18.7 Å². The highest BCUT2D eigenvalue weighted by molar-refractivity contribution is 5.61. The van der Waals surface area contributed by atoms with Gasteiger partial charge in [0.25, 0.3) is 0 Å². The van der Waals surface area contributed by atoms with Gasteiger partial charge in [0.05, 0.1) is 0 Å². The molecule has 0 saturated heterocycles. The number of hydrogen-bond acceptors (Lipinski definition) is 5. The van der Waals surface area contributed by atoms with Crippen LogP contribution in [0.2, 0.25) is 0 Å². The van der Waals surface area contributed by atoms with Gasteiger partial charge in [-0.05, 0) is 24.8 Å². The third kappa shape index (κ3) is 1.92. The molecule has 1 fully saturated rings. The fourth-order valence-corrected chi connectivity index (χ4v) is 2.73. The van der Waals surface area contributed by atoms with Crippen molar-refractivity contribution >= 4 is 11.5 Å². The van der Waals surface area contributed by atoms with Crippen molar-refractivity contribution in [3.63, 3.8) is 0 Å². The first-order chi connectivity index (χ1) is 8.83. The van der Waals surface area contributed by atoms with Gasteiger partial charge in [0.15, 0.2) is 5.82 Å². The van der Waals surface area contributed by atoms with Gasteiger partial charge in [0, 0.05) is 18.9 Å². The maximum Gasteiger partial charge on any atom is 0.203 e. The van der Waals surface area contributed by atoms with Gasteiger partial charge in [-0.3, -0.25) is 4.40 Å². The average molecular weight is 246 g/mol. The van der Waals surface area contributed by atoms with Crippen molar-refractivity contribution in [3.8, 4) is 0 Å². The summed E-state index contributed by atoms with van der Waals surface area (Å²) in [7, 11) is 0. The Morgan fingerprint density at radius 3 is 3.00 bits per heavy atom. The molecule has 0 atom stereocenters. The van der Waals surface area contributed by atoms with Gasteiger partial charge < -0.3 is 11.1 Å². The van der Waals surface area contributed by atoms with E-state index in [-0.39, 0.29) is 5.41 Å². The first-order valence-electron chi connectivity index (χ1n) is 6.41. The molecule has 2 heterocycles. The Balaban J connectivity index is 1.78. The molecule has 96 valence electrons. The van der Waals surface area contributed by atoms with Crippen LogP contribution in [0.25, 0.3) is 5.65 Å². The lowest BCUT2D eigenvalue weighted by atomic mass is 9.86. The summed E-state index contributed by atoms with van der Waals surface area (Å²) < 4.78 is 1.86. The van der Waals surface area contributed by atoms with E-state index in [0.717, 1.165) is 24.6 Å². The smallest absolute Gasteiger partial charge is 0.203 e. The van der Waals surface area contributed by atoms with Crippen molar-refractivity contribution in [2.45, 2.75) is 25.7 Å². The number of nitrogens with one attached hydrogen (secondary N) is 1. The number of nitrogens with two attached hydrogens (primary N) is 1. The van der Waals surface area contributed by atoms with E-state index in [2.05, 4.69) is 20.5 Å². The molecule has 2 aromatic rings. The third-order valence-corrected chi connectivity index (χ3v) is 3.94. The zero-order valence-corrected chi connectivity index (χ0v) is 10.3. The highest BCUT2D eigenvalue weighted by Gasteiger charge is 2.32. The Hall–Kier alpha value is -1.69. The molecule has 2 aromatic heterocycles. The first-order valence-corrected chi connectivity index (χ1v) is 6.41. The number of rotatable bonds is 4. The van der Waals surface area contributed by atoms with E-state index in [9.17, 15) is 0 Å². The van der Waals surface area contributed by atoms with Gasteiger partial charge in [0.1, 0.15) is 6.33 Å². The monoisotopic (exact) mass is 246 g/mol. The minimum absolute atomic E-state index is 0.231. The van der Waals surface area contributed by atoms with E-state index in [4.69, 9.17) is 5.73 Å². The molecule has 0 radical (unpaired) electrons. The topological polar surface area (TPSA) is 81.1 Å². The zero-order chi connectivity index (χ0) is 12.4. The van der Waals surface area contributed by atoms with E-state index in [1.54, 1.807) is 12.5 Å². The SMILES string of the molecule is NCC1(CNc2nccn3cnnc23)CCCC1. The Bertz CT molecular complexity index is 528. The summed E-state index contributed by atoms with van der Waals surface area (Å²) in [6.07, 6.45) is 10.2. The second-order valence-electron chi connectivity index (χ2n) is 5.10. The van der Waals surface area contributed by atoms with Gasteiger partial charge in [-0.25, -0.2) is 4.98 Å². The molecule has 3 rings (SSSR count). The third-order valence-electron chi connectivity index (χ3n) is 3.94. The summed E-state index contributed by atoms with van der Waals surface area (Å²) in [6, 6.07) is 0. The standard InChI is InChI=1S/C12H18N6/c13-7-12(3-1-2-4-12)8-15-10-11-17-16-9-18(11)6-5-14-10/h5-6,9H,1-4,7-8,13H2,(H,14,15). The van der Waals surface area contributed by atoms with Gasteiger partial charge >= 0.3 is 0 Å². The van der Waals surface area contributed by atoms with Gasteiger partial charge in [-0.2, -0.15) is 0 Å². The molecule has 1 aliphatic rings. The molecule has 0 bridgehead atoms. The lowest BCUT2D eigenvalue weighted by Gasteiger charge is -2.27. The van der Waals surface area contributed by atoms with Crippen LogP contribution in [0.5, 0.6) is 0 Å². The van der Waals surface area contributed by atoms with Crippen LogP contribution in [-0.4, -0.2) is 32.7 Å². The van der Waals surface area contributed by atoms with Crippen LogP contribution >= 0.6 is 0 Å². The number of fused-ring (bicyclic) bond motifs is 1. The summed E-state index contributed by atoms with van der Waals surface area (Å²) in [4.78, 5) is 4.33. The molecule has 1 aliphatic carbocycles. The maximum atomic E-state index is 5.93. The van der Waals surface area contributed by atoms with E-state index in [0.29, 0.717) is 0 Å². The van der Waals surface area contributed by atoms with Crippen LogP contribution in [-0.2, 0) is 0 Å². The highest BCUT2D eigenvalue weighted by atomic mass is 15.2. The second kappa shape index (κ2) is 4.53. The van der Waals surface area contributed by atoms with E-state index < -0.39 is 0 Å². The van der Waals surface area contributed by atoms with Crippen LogP contribution in [0.4, 0.5) is 5.82 Å². The van der Waals surface area contributed by atoms with Crippen molar-refractivity contribution in [1.29, 1.82) is 0 Å². The molecule has 0 aliphatic heterocycles. The van der Waals surface area contributed by atoms with Gasteiger partial charge in [-0.1, -0.05) is 12.8 Å². The molecular weight excluding hydrogens is 228 g/mol. The Labute approximate surface area is 106 Å². The fourth-order valence-electron chi connectivity index (χ4n) is 2.73. The summed E-state index contributed by atoms with van der Waals surface area (Å²) in [5, 5.41) is 11.3. The molecule has 6 heteroatoms. The predicted molar refractivity (Wildman–Crippen MR) is 69.2 cm³/mol. The molecule has 3 N–H and O–H groups in total. The van der Waals surface area contributed by atoms with Crippen LogP contribution in [0, 0.1) is 5.41 Å². The van der Waals surface area contributed by atoms with Crippen molar-refractivity contribution in [2.75, 3.05) is 18.4 Å². The van der Waals surface area contributed by atoms with Crippen LogP contribution in [0.1, 0.15) is 25.7 Å². The number of nitrogens with zero attached hydrogens (tertiary/aromatic N) is 4. The molecule has 0 amide bonds. The lowest BCUT2D eigenvalue weighted by Crippen LogP contribution is -2.34. The first kappa shape index (κ1) is 11.4. The number of hydrogen-bond donors (Lipinski definition) is 2. The molecule has 1 saturated carbocycles. The fraction of sp³-hybridized carbons (Fsp3) is 0.583. The predicted octanol–water partition coefficient (Wildman–Crippen LogP) is 1.06. The lowest BCUT2D eigenvalue weighted by molar-refractivity contribution is 0.332. The number of aromatic nitrogens is 4. The molecule has 0 unspecified atom stereocenters. The molecule has 0 spiro atoms. The molecule has 6 nitrogen and oxygen atoms in total. The van der Waals surface area contributed by atoms with Crippen LogP contribution < -0.4 is 11.1 Å². The molecule has 18 heavy (non-hydrogen) atoms. The van der Waals surface area contributed by atoms with Crippen LogP contribution in [0.3, 0.4) is 0 Å². The summed E-state index contributed by atoms with van der Waals surface area (Å²) in [5.74, 6) is 0.787. The minimum atomic E-state index is 0.231. The zero-order valence-electron chi connectivity index (χ0n) is 10.3. The van der Waals surface area contributed by atoms with E-state index in [1.807, 2.05) is 10.6 Å². The van der Waals surface area contributed by atoms with Crippen molar-refractivity contribution in [2.24, 2.45) is 11.1 Å². The van der Waals surface area contributed by atoms with E-state index in [1.165, 1.54) is 25.7 Å². The van der Waals surface area contributed by atoms with Gasteiger partial charge in [-0.15, -0.1) is 10.2 Å². The largest absolute Gasteiger partial charge is 0.366 e.